The summed E-state index contributed by atoms with van der Waals surface area (Å²) in [6.45, 7) is 5.79. The zero-order chi connectivity index (χ0) is 22.6. The van der Waals surface area contributed by atoms with Gasteiger partial charge in [-0.25, -0.2) is 24.1 Å². The van der Waals surface area contributed by atoms with Crippen LogP contribution in [0.15, 0.2) is 41.5 Å². The van der Waals surface area contributed by atoms with Crippen molar-refractivity contribution in [1.82, 2.24) is 24.0 Å². The Kier molecular flexibility index (Phi) is 4.78. The Morgan fingerprint density at radius 1 is 1.03 bits per heavy atom. The van der Waals surface area contributed by atoms with Gasteiger partial charge in [-0.2, -0.15) is 13.2 Å². The molecule has 164 valence electrons. The zero-order valence-corrected chi connectivity index (χ0v) is 17.1. The molecule has 0 radical (unpaired) electrons. The molecule has 1 saturated heterocycles. The third-order valence-corrected chi connectivity index (χ3v) is 4.83. The van der Waals surface area contributed by atoms with Crippen molar-refractivity contribution in [2.24, 2.45) is 0 Å². The summed E-state index contributed by atoms with van der Waals surface area (Å²) < 4.78 is 46.6. The van der Waals surface area contributed by atoms with Crippen molar-refractivity contribution in [3.63, 3.8) is 0 Å². The van der Waals surface area contributed by atoms with Crippen LogP contribution in [0, 0.1) is 0 Å². The summed E-state index contributed by atoms with van der Waals surface area (Å²) in [5.41, 5.74) is -1.18. The second kappa shape index (κ2) is 7.10. The molecule has 1 aliphatic rings. The molecule has 11 heteroatoms. The number of hydrogen-bond acceptors (Lipinski definition) is 5. The lowest BCUT2D eigenvalue weighted by atomic mass is 10.1. The predicted octanol–water partition coefficient (Wildman–Crippen LogP) is 3.39. The fourth-order valence-electron chi connectivity index (χ4n) is 3.40. The average Bonchev–Trinajstić information content (AvgIpc) is 2.91. The minimum atomic E-state index is -4.48. The van der Waals surface area contributed by atoms with E-state index >= 15 is 0 Å². The van der Waals surface area contributed by atoms with E-state index in [1.807, 2.05) is 0 Å². The molecule has 1 aromatic carbocycles. The van der Waals surface area contributed by atoms with Crippen molar-refractivity contribution >= 4 is 17.4 Å². The summed E-state index contributed by atoms with van der Waals surface area (Å²) in [6, 6.07) is 3.91. The number of carbonyl (C=O) groups is 1. The normalized spacial score (nSPS) is 15.2. The van der Waals surface area contributed by atoms with Crippen molar-refractivity contribution in [3.05, 3.63) is 52.7 Å². The third kappa shape index (κ3) is 3.87. The standard InChI is InChI=1S/C20H20F3N5O3/c1-19(2,3)31-18(30)26-10-14(11-26)28-16-15(24-8-9-25-16)27(17(28)29)13-6-4-12(5-7-13)20(21,22)23/h4-9,14H,10-11H2,1-3H3. The largest absolute Gasteiger partial charge is 0.444 e. The SMILES string of the molecule is CC(C)(C)OC(=O)N1CC(n2c(=O)n(-c3ccc(C(F)(F)F)cc3)c3nccnc32)C1. The summed E-state index contributed by atoms with van der Waals surface area (Å²) in [4.78, 5) is 35.3. The molecule has 0 atom stereocenters. The Bertz CT molecular complexity index is 1190. The van der Waals surface area contributed by atoms with E-state index in [2.05, 4.69) is 9.97 Å². The van der Waals surface area contributed by atoms with Gasteiger partial charge in [0.15, 0.2) is 11.3 Å². The van der Waals surface area contributed by atoms with E-state index in [0.29, 0.717) is 5.65 Å². The Morgan fingerprint density at radius 2 is 1.61 bits per heavy atom. The monoisotopic (exact) mass is 435 g/mol. The molecule has 4 rings (SSSR count). The summed E-state index contributed by atoms with van der Waals surface area (Å²) in [5, 5.41) is 0. The molecule has 1 amide bonds. The maximum absolute atomic E-state index is 13.2. The topological polar surface area (TPSA) is 82.2 Å². The number of alkyl halides is 3. The number of aromatic nitrogens is 4. The summed E-state index contributed by atoms with van der Waals surface area (Å²) in [5.74, 6) is 0. The Morgan fingerprint density at radius 3 is 2.16 bits per heavy atom. The molecular weight excluding hydrogens is 415 g/mol. The van der Waals surface area contributed by atoms with E-state index in [0.717, 1.165) is 12.1 Å². The first-order chi connectivity index (χ1) is 14.5. The minimum absolute atomic E-state index is 0.225. The third-order valence-electron chi connectivity index (χ3n) is 4.83. The van der Waals surface area contributed by atoms with Gasteiger partial charge in [-0.05, 0) is 45.0 Å². The maximum atomic E-state index is 13.2. The summed E-state index contributed by atoms with van der Waals surface area (Å²) >= 11 is 0. The van der Waals surface area contributed by atoms with E-state index < -0.39 is 29.1 Å². The number of benzene rings is 1. The van der Waals surface area contributed by atoms with Gasteiger partial charge >= 0.3 is 18.0 Å². The molecule has 3 heterocycles. The minimum Gasteiger partial charge on any atom is -0.444 e. The first kappa shape index (κ1) is 20.9. The van der Waals surface area contributed by atoms with Crippen LogP contribution in [-0.2, 0) is 10.9 Å². The number of rotatable bonds is 2. The average molecular weight is 435 g/mol. The highest BCUT2D eigenvalue weighted by Crippen LogP contribution is 2.30. The number of amides is 1. The van der Waals surface area contributed by atoms with Crippen LogP contribution in [0.4, 0.5) is 18.0 Å². The number of imidazole rings is 1. The van der Waals surface area contributed by atoms with Crippen molar-refractivity contribution in [2.75, 3.05) is 13.1 Å². The van der Waals surface area contributed by atoms with Crippen LogP contribution in [0.5, 0.6) is 0 Å². The molecule has 0 aliphatic carbocycles. The molecule has 0 saturated carbocycles. The molecule has 31 heavy (non-hydrogen) atoms. The second-order valence-corrected chi connectivity index (χ2v) is 8.28. The van der Waals surface area contributed by atoms with E-state index in [1.165, 1.54) is 38.6 Å². The molecule has 0 unspecified atom stereocenters. The van der Waals surface area contributed by atoms with Gasteiger partial charge < -0.3 is 9.64 Å². The van der Waals surface area contributed by atoms with Crippen LogP contribution < -0.4 is 5.69 Å². The van der Waals surface area contributed by atoms with Gasteiger partial charge in [0.2, 0.25) is 0 Å². The van der Waals surface area contributed by atoms with Crippen LogP contribution in [-0.4, -0.2) is 48.8 Å². The fraction of sp³-hybridized carbons (Fsp3) is 0.400. The molecule has 0 spiro atoms. The zero-order valence-electron chi connectivity index (χ0n) is 17.1. The highest BCUT2D eigenvalue weighted by Gasteiger charge is 2.37. The first-order valence-electron chi connectivity index (χ1n) is 9.55. The number of fused-ring (bicyclic) bond motifs is 1. The molecule has 1 fully saturated rings. The molecule has 3 aromatic rings. The van der Waals surface area contributed by atoms with Gasteiger partial charge in [0.1, 0.15) is 5.60 Å². The van der Waals surface area contributed by atoms with Crippen LogP contribution in [0.1, 0.15) is 32.4 Å². The molecular formula is C20H20F3N5O3. The van der Waals surface area contributed by atoms with E-state index in [9.17, 15) is 22.8 Å². The fourth-order valence-corrected chi connectivity index (χ4v) is 3.40. The van der Waals surface area contributed by atoms with Crippen LogP contribution in [0.3, 0.4) is 0 Å². The van der Waals surface area contributed by atoms with Gasteiger partial charge in [0, 0.05) is 25.5 Å². The number of ether oxygens (including phenoxy) is 1. The lowest BCUT2D eigenvalue weighted by Gasteiger charge is -2.39. The highest BCUT2D eigenvalue weighted by atomic mass is 19.4. The smallest absolute Gasteiger partial charge is 0.416 e. The van der Waals surface area contributed by atoms with Gasteiger partial charge in [0.25, 0.3) is 0 Å². The van der Waals surface area contributed by atoms with Crippen molar-refractivity contribution in [2.45, 2.75) is 38.6 Å². The number of likely N-dealkylation sites (tertiary alicyclic amines) is 1. The lowest BCUT2D eigenvalue weighted by Crippen LogP contribution is -2.54. The molecule has 1 aliphatic heterocycles. The van der Waals surface area contributed by atoms with Gasteiger partial charge in [-0.1, -0.05) is 0 Å². The second-order valence-electron chi connectivity index (χ2n) is 8.28. The molecule has 0 N–H and O–H groups in total. The Balaban J connectivity index is 1.68. The van der Waals surface area contributed by atoms with Crippen molar-refractivity contribution in [3.8, 4) is 5.69 Å². The Hall–Kier alpha value is -3.37. The number of nitrogens with zero attached hydrogens (tertiary/aromatic N) is 5. The van der Waals surface area contributed by atoms with Crippen LogP contribution >= 0.6 is 0 Å². The predicted molar refractivity (Wildman–Crippen MR) is 105 cm³/mol. The number of hydrogen-bond donors (Lipinski definition) is 0. The van der Waals surface area contributed by atoms with Gasteiger partial charge in [-0.15, -0.1) is 0 Å². The molecule has 2 aromatic heterocycles. The summed E-state index contributed by atoms with van der Waals surface area (Å²) in [6.07, 6.45) is -2.12. The number of halogens is 3. The lowest BCUT2D eigenvalue weighted by molar-refractivity contribution is -0.137. The van der Waals surface area contributed by atoms with Crippen LogP contribution in [0.2, 0.25) is 0 Å². The van der Waals surface area contributed by atoms with E-state index in [-0.39, 0.29) is 30.5 Å². The number of carbonyl (C=O) groups excluding carboxylic acids is 1. The molecule has 8 nitrogen and oxygen atoms in total. The quantitative estimate of drug-likeness (QED) is 0.616. The van der Waals surface area contributed by atoms with Gasteiger partial charge in [0.05, 0.1) is 17.3 Å². The first-order valence-corrected chi connectivity index (χ1v) is 9.55. The maximum Gasteiger partial charge on any atom is 0.416 e. The van der Waals surface area contributed by atoms with Crippen molar-refractivity contribution < 1.29 is 22.7 Å². The van der Waals surface area contributed by atoms with Crippen molar-refractivity contribution in [1.29, 1.82) is 0 Å². The Labute approximate surface area is 174 Å². The van der Waals surface area contributed by atoms with Crippen LogP contribution in [0.25, 0.3) is 17.0 Å². The van der Waals surface area contributed by atoms with E-state index in [4.69, 9.17) is 4.74 Å². The summed E-state index contributed by atoms with van der Waals surface area (Å²) in [7, 11) is 0. The highest BCUT2D eigenvalue weighted by molar-refractivity contribution is 5.71. The molecule has 0 bridgehead atoms. The van der Waals surface area contributed by atoms with Gasteiger partial charge in [-0.3, -0.25) is 4.57 Å². The van der Waals surface area contributed by atoms with E-state index in [1.54, 1.807) is 20.8 Å².